The van der Waals surface area contributed by atoms with Gasteiger partial charge in [0.05, 0.1) is 34.6 Å². The van der Waals surface area contributed by atoms with E-state index in [9.17, 15) is 42.6 Å². The van der Waals surface area contributed by atoms with Crippen LogP contribution in [-0.4, -0.2) is 133 Å². The number of pyridine rings is 2. The highest BCUT2D eigenvalue weighted by Crippen LogP contribution is 2.42. The van der Waals surface area contributed by atoms with Crippen molar-refractivity contribution in [3.63, 3.8) is 0 Å². The smallest absolute Gasteiger partial charge is 0.457 e. The van der Waals surface area contributed by atoms with Gasteiger partial charge in [0.2, 0.25) is 11.5 Å². The molecule has 2 aliphatic rings. The van der Waals surface area contributed by atoms with Crippen LogP contribution in [0.1, 0.15) is 130 Å². The average Bonchev–Trinajstić information content (AvgIpc) is 2.39. The Morgan fingerprint density at radius 3 is 2.35 bits per heavy atom. The number of rotatable bonds is 33. The second-order valence-corrected chi connectivity index (χ2v) is 25.3. The molecule has 2 aromatic carbocycles. The van der Waals surface area contributed by atoms with Gasteiger partial charge in [0.25, 0.3) is 5.56 Å². The highest BCUT2D eigenvalue weighted by atomic mass is 32.2. The number of carbonyl (C=O) groups excluding carboxylic acids is 7. The molecule has 0 saturated carbocycles. The summed E-state index contributed by atoms with van der Waals surface area (Å²) in [7, 11) is -2.54. The van der Waals surface area contributed by atoms with Crippen molar-refractivity contribution < 1.29 is 61.5 Å². The Morgan fingerprint density at radius 1 is 0.943 bits per heavy atom. The zero-order valence-corrected chi connectivity index (χ0v) is 52.5. The maximum absolute atomic E-state index is 14.5. The van der Waals surface area contributed by atoms with Crippen molar-refractivity contribution in [2.45, 2.75) is 141 Å². The fourth-order valence-electron chi connectivity index (χ4n) is 10.7. The zero-order valence-electron chi connectivity index (χ0n) is 50.8. The molecular weight excluding hydrogens is 1170 g/mol. The average molecular weight is 1250 g/mol. The maximum atomic E-state index is 14.5. The number of Topliss-reactive ketones (excluding diaryl/α,β-unsaturated/α-hetero) is 3. The Hall–Kier alpha value is -7.82. The van der Waals surface area contributed by atoms with Crippen LogP contribution in [0.4, 0.5) is 15.3 Å². The molecule has 1 unspecified atom stereocenters. The lowest BCUT2D eigenvalue weighted by Gasteiger charge is -2.35. The van der Waals surface area contributed by atoms with Crippen LogP contribution in [0.5, 0.6) is 0 Å². The van der Waals surface area contributed by atoms with E-state index >= 15 is 0 Å². The monoisotopic (exact) mass is 1250 g/mol. The van der Waals surface area contributed by atoms with E-state index in [1.54, 1.807) is 61.3 Å². The number of primary amides is 1. The van der Waals surface area contributed by atoms with Crippen molar-refractivity contribution in [1.29, 1.82) is 0 Å². The van der Waals surface area contributed by atoms with Crippen molar-refractivity contribution in [2.24, 2.45) is 11.7 Å². The standard InChI is InChI=1S/C64H78N8O14S2/c1-8-64(54-33-56-57-52(36-71(56)59(77)53(54)40-84-60(64)78)50(51-22-12-13-23-55(51)70-57)26-28-72(41(2)3)88(6,7)81)86-63(80)85-37-45-24-25-46(31-42(45)4)69-58(76)44(18-14-27-66-61(65)79)32-49(75)39-83-38-48(74)21-16-30-82-29-15-20-47(73)19-11-9-10-17-43-34-67-62(87-5)68-35-43/h12-13,22-25,31,33-35,41,44H,6,8-9,11,14-16,18-21,26-30,32,36-40H2,1-5,7H3,(H,69,76)(H3,65,66,79)/t44-,64+,88?/m1/s1. The molecule has 24 heteroatoms. The van der Waals surface area contributed by atoms with Gasteiger partial charge in [0.1, 0.15) is 32.2 Å². The number of carbonyl (C=O) groups is 7. The number of hydrogen-bond acceptors (Lipinski definition) is 18. The second-order valence-electron chi connectivity index (χ2n) is 22.1. The van der Waals surface area contributed by atoms with Gasteiger partial charge in [-0.1, -0.05) is 54.8 Å². The number of aromatic nitrogens is 4. The lowest BCUT2D eigenvalue weighted by atomic mass is 9.85. The quantitative estimate of drug-likeness (QED) is 0.00888. The van der Waals surface area contributed by atoms with Crippen molar-refractivity contribution in [3.05, 3.63) is 110 Å². The largest absolute Gasteiger partial charge is 0.510 e. The molecule has 0 fully saturated rings. The van der Waals surface area contributed by atoms with E-state index in [-0.39, 0.29) is 87.3 Å². The number of ether oxygens (including phenoxy) is 5. The molecule has 5 aromatic rings. The minimum atomic E-state index is -2.54. The van der Waals surface area contributed by atoms with E-state index < -0.39 is 63.2 Å². The number of ketones is 3. The van der Waals surface area contributed by atoms with Crippen LogP contribution in [0.2, 0.25) is 0 Å². The number of cyclic esters (lactones) is 1. The fourth-order valence-corrected chi connectivity index (χ4v) is 12.4. The number of thioether (sulfide) groups is 1. The number of nitrogens with two attached hydrogens (primary N) is 1. The van der Waals surface area contributed by atoms with Gasteiger partial charge in [0, 0.05) is 121 Å². The summed E-state index contributed by atoms with van der Waals surface area (Å²) < 4.78 is 44.8. The van der Waals surface area contributed by atoms with Crippen LogP contribution >= 0.6 is 11.8 Å². The number of hydrogen-bond donors (Lipinski definition) is 3. The molecule has 470 valence electrons. The molecule has 5 heterocycles. The molecule has 0 radical (unpaired) electrons. The third kappa shape index (κ3) is 18.2. The highest BCUT2D eigenvalue weighted by molar-refractivity contribution is 7.98. The first kappa shape index (κ1) is 67.7. The third-order valence-electron chi connectivity index (χ3n) is 15.2. The number of nitrogens with one attached hydrogen (secondary N) is 2. The molecule has 22 nitrogen and oxygen atoms in total. The predicted octanol–water partition coefficient (Wildman–Crippen LogP) is 7.69. The number of urea groups is 1. The third-order valence-corrected chi connectivity index (χ3v) is 17.4. The molecule has 0 spiro atoms. The van der Waals surface area contributed by atoms with E-state index in [1.807, 2.05) is 48.7 Å². The second kappa shape index (κ2) is 31.9. The van der Waals surface area contributed by atoms with Gasteiger partial charge >= 0.3 is 18.2 Å². The summed E-state index contributed by atoms with van der Waals surface area (Å²) in [6.07, 6.45) is 9.64. The molecule has 3 aromatic heterocycles. The number of amides is 3. The summed E-state index contributed by atoms with van der Waals surface area (Å²) in [5.41, 5.74) is 8.75. The summed E-state index contributed by atoms with van der Waals surface area (Å²) in [6.45, 7) is 7.45. The molecule has 88 heavy (non-hydrogen) atoms. The Balaban J connectivity index is 0.885. The van der Waals surface area contributed by atoms with Gasteiger partial charge < -0.3 is 44.6 Å². The molecule has 7 rings (SSSR count). The number of para-hydroxylation sites is 1. The Kier molecular flexibility index (Phi) is 24.5. The van der Waals surface area contributed by atoms with E-state index in [4.69, 9.17) is 34.4 Å². The number of aryl methyl sites for hydroxylation is 1. The number of fused-ring (bicyclic) bond motifs is 5. The SMILES string of the molecule is C=S(C)(=O)N(CCc1c2c(nc3ccccc13)-c1cc3c(c(=O)n1C2)COC(=O)[C@@]3(CC)OC(=O)OCc1ccc(NC(=O)[C@H](CCCNC(N)=O)CC(=O)COCC(=O)CCCOCCCC(=O)CCCC#Cc2cnc(SC)nc2)cc1C)C(C)C. The van der Waals surface area contributed by atoms with E-state index in [0.717, 1.165) is 22.1 Å². The number of esters is 1. The lowest BCUT2D eigenvalue weighted by molar-refractivity contribution is -0.175. The first-order valence-corrected chi connectivity index (χ1v) is 32.7. The van der Waals surface area contributed by atoms with Crippen LogP contribution in [-0.2, 0) is 89.1 Å². The minimum absolute atomic E-state index is 0.0469. The molecule has 3 atom stereocenters. The van der Waals surface area contributed by atoms with E-state index in [0.29, 0.717) is 110 Å². The van der Waals surface area contributed by atoms with Gasteiger partial charge in [-0.15, -0.1) is 0 Å². The molecule has 0 bridgehead atoms. The van der Waals surface area contributed by atoms with Crippen molar-refractivity contribution in [1.82, 2.24) is 29.1 Å². The van der Waals surface area contributed by atoms with Crippen LogP contribution in [0.3, 0.4) is 0 Å². The summed E-state index contributed by atoms with van der Waals surface area (Å²) in [6, 6.07) is 13.4. The van der Waals surface area contributed by atoms with Gasteiger partial charge in [0.15, 0.2) is 16.7 Å². The molecule has 0 saturated heterocycles. The summed E-state index contributed by atoms with van der Waals surface area (Å²) in [4.78, 5) is 118. The van der Waals surface area contributed by atoms with Crippen molar-refractivity contribution >= 4 is 85.3 Å². The van der Waals surface area contributed by atoms with Gasteiger partial charge in [-0.2, -0.15) is 0 Å². The first-order chi connectivity index (χ1) is 42.1. The topological polar surface area (TPSA) is 297 Å². The maximum Gasteiger partial charge on any atom is 0.510 e. The lowest BCUT2D eigenvalue weighted by Crippen LogP contribution is -2.47. The predicted molar refractivity (Wildman–Crippen MR) is 335 cm³/mol. The summed E-state index contributed by atoms with van der Waals surface area (Å²) >= 11 is 1.46. The molecule has 3 amide bonds. The van der Waals surface area contributed by atoms with E-state index in [2.05, 4.69) is 38.3 Å². The van der Waals surface area contributed by atoms with Crippen LogP contribution in [0.15, 0.2) is 70.9 Å². The number of unbranched alkanes of at least 4 members (excludes halogenated alkanes) is 1. The minimum Gasteiger partial charge on any atom is -0.457 e. The Bertz CT molecular complexity index is 3640. The number of anilines is 1. The van der Waals surface area contributed by atoms with Crippen molar-refractivity contribution in [3.8, 4) is 23.2 Å². The molecule has 2 aliphatic heterocycles. The van der Waals surface area contributed by atoms with Crippen molar-refractivity contribution in [2.75, 3.05) is 57.3 Å². The Morgan fingerprint density at radius 2 is 1.66 bits per heavy atom. The van der Waals surface area contributed by atoms with Crippen LogP contribution in [0.25, 0.3) is 22.3 Å². The van der Waals surface area contributed by atoms with Crippen LogP contribution < -0.4 is 21.9 Å². The zero-order chi connectivity index (χ0) is 63.5. The molecular formula is C64H78N8O14S2. The van der Waals surface area contributed by atoms with Crippen LogP contribution in [0, 0.1) is 24.7 Å². The van der Waals surface area contributed by atoms with Gasteiger partial charge in [-0.25, -0.2) is 33.6 Å². The fraction of sp³-hybridized carbons (Fsp3) is 0.469. The van der Waals surface area contributed by atoms with E-state index in [1.165, 1.54) is 11.8 Å². The summed E-state index contributed by atoms with van der Waals surface area (Å²) in [5.74, 6) is 7.30. The number of benzene rings is 2. The van der Waals surface area contributed by atoms with Gasteiger partial charge in [-0.3, -0.25) is 28.2 Å². The highest BCUT2D eigenvalue weighted by Gasteiger charge is 2.51. The molecule has 0 aliphatic carbocycles. The normalized spacial score (nSPS) is 15.0. The van der Waals surface area contributed by atoms with Gasteiger partial charge in [-0.05, 0) is 119 Å². The first-order valence-electron chi connectivity index (χ1n) is 29.4. The number of nitrogens with zero attached hydrogens (tertiary/aromatic N) is 5. The molecule has 4 N–H and O–H groups in total. The summed E-state index contributed by atoms with van der Waals surface area (Å²) in [5, 5.41) is 6.90. The Labute approximate surface area is 517 Å².